The van der Waals surface area contributed by atoms with Gasteiger partial charge in [-0.3, -0.25) is 5.10 Å². The van der Waals surface area contributed by atoms with Crippen LogP contribution in [0.1, 0.15) is 22.8 Å². The van der Waals surface area contributed by atoms with Gasteiger partial charge < -0.3 is 0 Å². The van der Waals surface area contributed by atoms with Crippen molar-refractivity contribution < 1.29 is 17.2 Å². The van der Waals surface area contributed by atoms with E-state index in [0.29, 0.717) is 24.1 Å². The van der Waals surface area contributed by atoms with Crippen LogP contribution in [0.2, 0.25) is 0 Å². The second-order valence-electron chi connectivity index (χ2n) is 6.08. The molecule has 2 N–H and O–H groups in total. The average molecular weight is 392 g/mol. The minimum atomic E-state index is -4.08. The first kappa shape index (κ1) is 19.1. The van der Waals surface area contributed by atoms with Crippen molar-refractivity contribution in [3.8, 4) is 0 Å². The maximum Gasteiger partial charge on any atom is 0.243 e. The summed E-state index contributed by atoms with van der Waals surface area (Å²) in [5.41, 5.74) is 2.25. The van der Waals surface area contributed by atoms with Gasteiger partial charge in [0.15, 0.2) is 5.82 Å². The SMILES string of the molecule is Cc1ccc(Cc2nc(CCNS(=O)(=O)c3ccc(F)cc3F)n[nH]2)cc1. The Hall–Kier alpha value is -2.65. The van der Waals surface area contributed by atoms with Gasteiger partial charge in [0.25, 0.3) is 0 Å². The van der Waals surface area contributed by atoms with Crippen LogP contribution >= 0.6 is 0 Å². The second-order valence-corrected chi connectivity index (χ2v) is 7.82. The number of aryl methyl sites for hydroxylation is 1. The predicted molar refractivity (Wildman–Crippen MR) is 95.6 cm³/mol. The number of aromatic nitrogens is 3. The van der Waals surface area contributed by atoms with Crippen LogP contribution in [0.25, 0.3) is 0 Å². The summed E-state index contributed by atoms with van der Waals surface area (Å²) in [7, 11) is -4.08. The highest BCUT2D eigenvalue weighted by Crippen LogP contribution is 2.15. The van der Waals surface area contributed by atoms with Gasteiger partial charge in [0, 0.05) is 25.5 Å². The molecule has 0 aliphatic rings. The zero-order valence-electron chi connectivity index (χ0n) is 14.5. The smallest absolute Gasteiger partial charge is 0.243 e. The lowest BCUT2D eigenvalue weighted by molar-refractivity contribution is 0.543. The minimum Gasteiger partial charge on any atom is -0.263 e. The van der Waals surface area contributed by atoms with Crippen LogP contribution in [0.3, 0.4) is 0 Å². The van der Waals surface area contributed by atoms with Gasteiger partial charge in [-0.15, -0.1) is 0 Å². The summed E-state index contributed by atoms with van der Waals surface area (Å²) < 4.78 is 53.0. The molecule has 27 heavy (non-hydrogen) atoms. The van der Waals surface area contributed by atoms with E-state index in [0.717, 1.165) is 17.7 Å². The lowest BCUT2D eigenvalue weighted by Gasteiger charge is -2.06. The monoisotopic (exact) mass is 392 g/mol. The zero-order valence-corrected chi connectivity index (χ0v) is 15.4. The number of halogens is 2. The Morgan fingerprint density at radius 1 is 1.11 bits per heavy atom. The number of nitrogens with one attached hydrogen (secondary N) is 2. The highest BCUT2D eigenvalue weighted by Gasteiger charge is 2.19. The Morgan fingerprint density at radius 2 is 1.85 bits per heavy atom. The molecule has 1 heterocycles. The fourth-order valence-corrected chi connectivity index (χ4v) is 3.58. The number of hydrogen-bond acceptors (Lipinski definition) is 4. The number of rotatable bonds is 7. The van der Waals surface area contributed by atoms with Gasteiger partial charge in [-0.05, 0) is 24.6 Å². The summed E-state index contributed by atoms with van der Waals surface area (Å²) in [5.74, 6) is -0.866. The lowest BCUT2D eigenvalue weighted by Crippen LogP contribution is -2.27. The van der Waals surface area contributed by atoms with Crippen molar-refractivity contribution in [2.24, 2.45) is 0 Å². The second kappa shape index (κ2) is 7.93. The first-order valence-electron chi connectivity index (χ1n) is 8.24. The van der Waals surface area contributed by atoms with Crippen molar-refractivity contribution >= 4 is 10.0 Å². The normalized spacial score (nSPS) is 11.7. The Kier molecular flexibility index (Phi) is 5.62. The van der Waals surface area contributed by atoms with Crippen molar-refractivity contribution in [3.05, 3.63) is 76.9 Å². The van der Waals surface area contributed by atoms with Crippen LogP contribution in [0.5, 0.6) is 0 Å². The topological polar surface area (TPSA) is 87.7 Å². The molecule has 0 saturated heterocycles. The highest BCUT2D eigenvalue weighted by atomic mass is 32.2. The standard InChI is InChI=1S/C18H18F2N4O2S/c1-12-2-4-13(5-3-12)10-18-22-17(23-24-18)8-9-21-27(25,26)16-7-6-14(19)11-15(16)20/h2-7,11,21H,8-10H2,1H3,(H,22,23,24). The van der Waals surface area contributed by atoms with Crippen LogP contribution in [0, 0.1) is 18.6 Å². The van der Waals surface area contributed by atoms with Crippen LogP contribution < -0.4 is 4.72 Å². The summed E-state index contributed by atoms with van der Waals surface area (Å²) >= 11 is 0. The van der Waals surface area contributed by atoms with Gasteiger partial charge >= 0.3 is 0 Å². The molecule has 0 fully saturated rings. The van der Waals surface area contributed by atoms with E-state index < -0.39 is 26.6 Å². The van der Waals surface area contributed by atoms with Gasteiger partial charge in [-0.2, -0.15) is 5.10 Å². The number of hydrogen-bond donors (Lipinski definition) is 2. The molecule has 3 rings (SSSR count). The van der Waals surface area contributed by atoms with Crippen LogP contribution in [0.4, 0.5) is 8.78 Å². The largest absolute Gasteiger partial charge is 0.263 e. The molecule has 0 aliphatic heterocycles. The molecule has 9 heteroatoms. The number of benzene rings is 2. The van der Waals surface area contributed by atoms with Gasteiger partial charge in [-0.1, -0.05) is 29.8 Å². The van der Waals surface area contributed by atoms with Crippen molar-refractivity contribution in [2.75, 3.05) is 6.54 Å². The fourth-order valence-electron chi connectivity index (χ4n) is 2.49. The lowest BCUT2D eigenvalue weighted by atomic mass is 10.1. The van der Waals surface area contributed by atoms with Crippen molar-refractivity contribution in [2.45, 2.75) is 24.7 Å². The van der Waals surface area contributed by atoms with Crippen molar-refractivity contribution in [1.82, 2.24) is 19.9 Å². The number of sulfonamides is 1. The van der Waals surface area contributed by atoms with Crippen LogP contribution in [-0.2, 0) is 22.9 Å². The molecule has 0 aliphatic carbocycles. The third-order valence-electron chi connectivity index (χ3n) is 3.89. The molecule has 0 radical (unpaired) electrons. The molecule has 0 unspecified atom stereocenters. The predicted octanol–water partition coefficient (Wildman–Crippen LogP) is 2.50. The van der Waals surface area contributed by atoms with Crippen molar-refractivity contribution in [1.29, 1.82) is 0 Å². The molecule has 0 saturated carbocycles. The third kappa shape index (κ3) is 4.95. The Balaban J connectivity index is 1.57. The van der Waals surface area contributed by atoms with Gasteiger partial charge in [0.2, 0.25) is 10.0 Å². The fraction of sp³-hybridized carbons (Fsp3) is 0.222. The van der Waals surface area contributed by atoms with E-state index >= 15 is 0 Å². The molecule has 0 spiro atoms. The molecule has 3 aromatic rings. The number of H-pyrrole nitrogens is 1. The molecule has 0 atom stereocenters. The summed E-state index contributed by atoms with van der Waals surface area (Å²) in [6.45, 7) is 2.00. The molecular formula is C18H18F2N4O2S. The van der Waals surface area contributed by atoms with E-state index in [1.807, 2.05) is 31.2 Å². The molecule has 1 aromatic heterocycles. The van der Waals surface area contributed by atoms with E-state index in [4.69, 9.17) is 0 Å². The van der Waals surface area contributed by atoms with E-state index in [2.05, 4.69) is 19.9 Å². The quantitative estimate of drug-likeness (QED) is 0.647. The molecule has 6 nitrogen and oxygen atoms in total. The number of aromatic amines is 1. The van der Waals surface area contributed by atoms with Crippen LogP contribution in [0.15, 0.2) is 47.4 Å². The summed E-state index contributed by atoms with van der Waals surface area (Å²) in [6.07, 6.45) is 0.812. The molecule has 2 aromatic carbocycles. The van der Waals surface area contributed by atoms with E-state index in [1.54, 1.807) is 0 Å². The summed E-state index contributed by atoms with van der Waals surface area (Å²) in [4.78, 5) is 3.73. The van der Waals surface area contributed by atoms with E-state index in [1.165, 1.54) is 5.56 Å². The van der Waals surface area contributed by atoms with Crippen molar-refractivity contribution in [3.63, 3.8) is 0 Å². The van der Waals surface area contributed by atoms with E-state index in [-0.39, 0.29) is 13.0 Å². The first-order valence-corrected chi connectivity index (χ1v) is 9.72. The van der Waals surface area contributed by atoms with E-state index in [9.17, 15) is 17.2 Å². The zero-order chi connectivity index (χ0) is 19.4. The summed E-state index contributed by atoms with van der Waals surface area (Å²) in [5, 5.41) is 6.88. The maximum absolute atomic E-state index is 13.6. The maximum atomic E-state index is 13.6. The average Bonchev–Trinajstić information content (AvgIpc) is 3.04. The molecular weight excluding hydrogens is 374 g/mol. The van der Waals surface area contributed by atoms with Gasteiger partial charge in [0.05, 0.1) is 0 Å². The Morgan fingerprint density at radius 3 is 2.56 bits per heavy atom. The third-order valence-corrected chi connectivity index (χ3v) is 5.39. The minimum absolute atomic E-state index is 0.0129. The van der Waals surface area contributed by atoms with Crippen LogP contribution in [-0.4, -0.2) is 30.1 Å². The highest BCUT2D eigenvalue weighted by molar-refractivity contribution is 7.89. The Bertz CT molecular complexity index is 1030. The molecule has 0 bridgehead atoms. The first-order chi connectivity index (χ1) is 12.8. The van der Waals surface area contributed by atoms with Gasteiger partial charge in [-0.25, -0.2) is 26.9 Å². The molecule has 142 valence electrons. The van der Waals surface area contributed by atoms with Gasteiger partial charge in [0.1, 0.15) is 22.4 Å². The number of nitrogens with zero attached hydrogens (tertiary/aromatic N) is 2. The molecule has 0 amide bonds. The summed E-state index contributed by atoms with van der Waals surface area (Å²) in [6, 6.07) is 10.3. The Labute approximate surface area is 155 Å².